The van der Waals surface area contributed by atoms with Gasteiger partial charge in [-0.3, -0.25) is 0 Å². The van der Waals surface area contributed by atoms with E-state index in [4.69, 9.17) is 0 Å². The van der Waals surface area contributed by atoms with Crippen molar-refractivity contribution >= 4 is 59.6 Å². The molecule has 0 amide bonds. The molecule has 0 bridgehead atoms. The molecule has 4 aromatic rings. The molecule has 4 saturated carbocycles. The fourth-order valence-corrected chi connectivity index (χ4v) is 26.9. The Morgan fingerprint density at radius 3 is 0.957 bits per heavy atom. The number of rotatable bonds is 7. The molecule has 242 valence electrons. The molecule has 0 N–H and O–H groups in total. The molecule has 0 nitrogen and oxygen atoms in total. The van der Waals surface area contributed by atoms with Crippen molar-refractivity contribution in [2.45, 2.75) is 147 Å². The summed E-state index contributed by atoms with van der Waals surface area (Å²) in [6.07, 6.45) is 29.7. The van der Waals surface area contributed by atoms with E-state index in [0.29, 0.717) is 0 Å². The van der Waals surface area contributed by atoms with Crippen molar-refractivity contribution in [2.24, 2.45) is 0 Å². The SMILES string of the molecule is c1ccc2c(-c3c([As](C4CCCCC4)C4CCCCC4)ccc4ccccc34)c([As](C3CCCCC3)C3CCCCC3)ccc2c1. The normalized spacial score (nSPS) is 21.5. The Kier molecular flexibility index (Phi) is 10.3. The van der Waals surface area contributed by atoms with E-state index in [2.05, 4.69) is 72.8 Å². The fraction of sp³-hybridized carbons (Fsp3) is 0.545. The van der Waals surface area contributed by atoms with Crippen LogP contribution in [-0.4, -0.2) is 29.3 Å². The van der Waals surface area contributed by atoms with Gasteiger partial charge in [0.2, 0.25) is 0 Å². The van der Waals surface area contributed by atoms with Crippen molar-refractivity contribution in [3.63, 3.8) is 0 Å². The average molecular weight is 735 g/mol. The van der Waals surface area contributed by atoms with Gasteiger partial charge >= 0.3 is 291 Å². The van der Waals surface area contributed by atoms with Gasteiger partial charge < -0.3 is 0 Å². The Morgan fingerprint density at radius 1 is 0.326 bits per heavy atom. The summed E-state index contributed by atoms with van der Waals surface area (Å²) in [6.45, 7) is 0. The summed E-state index contributed by atoms with van der Waals surface area (Å²) < 4.78 is 7.76. The molecular weight excluding hydrogens is 678 g/mol. The van der Waals surface area contributed by atoms with E-state index in [1.165, 1.54) is 139 Å². The molecule has 0 radical (unpaired) electrons. The van der Waals surface area contributed by atoms with Gasteiger partial charge in [-0.1, -0.05) is 0 Å². The van der Waals surface area contributed by atoms with E-state index in [1.54, 1.807) is 21.9 Å². The van der Waals surface area contributed by atoms with Crippen LogP contribution in [-0.2, 0) is 0 Å². The van der Waals surface area contributed by atoms with Crippen LogP contribution in [0.3, 0.4) is 0 Å². The van der Waals surface area contributed by atoms with Crippen LogP contribution >= 0.6 is 0 Å². The Balaban J connectivity index is 1.41. The molecule has 0 aromatic heterocycles. The minimum absolute atomic E-state index is 0.994. The number of fused-ring (bicyclic) bond motifs is 2. The molecule has 4 aromatic carbocycles. The quantitative estimate of drug-likeness (QED) is 0.166. The first-order valence-corrected chi connectivity index (χ1v) is 25.7. The summed E-state index contributed by atoms with van der Waals surface area (Å²) >= 11 is -2.71. The van der Waals surface area contributed by atoms with E-state index < -0.39 is 29.3 Å². The second-order valence-electron chi connectivity index (χ2n) is 15.3. The van der Waals surface area contributed by atoms with Crippen LogP contribution in [0, 0.1) is 0 Å². The van der Waals surface area contributed by atoms with Crippen molar-refractivity contribution in [1.29, 1.82) is 0 Å². The summed E-state index contributed by atoms with van der Waals surface area (Å²) in [5, 5.41) is 6.08. The van der Waals surface area contributed by atoms with Crippen LogP contribution in [0.25, 0.3) is 32.7 Å². The van der Waals surface area contributed by atoms with Gasteiger partial charge in [0.1, 0.15) is 0 Å². The van der Waals surface area contributed by atoms with E-state index in [1.807, 2.05) is 8.70 Å². The number of benzene rings is 4. The zero-order valence-corrected chi connectivity index (χ0v) is 32.0. The van der Waals surface area contributed by atoms with Crippen LogP contribution in [0.2, 0.25) is 18.8 Å². The minimum atomic E-state index is -1.35. The van der Waals surface area contributed by atoms with Crippen LogP contribution < -0.4 is 8.70 Å². The molecule has 4 aliphatic carbocycles. The van der Waals surface area contributed by atoms with Crippen molar-refractivity contribution in [2.75, 3.05) is 0 Å². The van der Waals surface area contributed by atoms with E-state index >= 15 is 0 Å². The van der Waals surface area contributed by atoms with Crippen molar-refractivity contribution < 1.29 is 0 Å². The molecule has 0 atom stereocenters. The van der Waals surface area contributed by atoms with Gasteiger partial charge in [0.05, 0.1) is 0 Å². The van der Waals surface area contributed by atoms with Crippen molar-refractivity contribution in [1.82, 2.24) is 0 Å². The predicted octanol–water partition coefficient (Wildman–Crippen LogP) is 12.4. The molecule has 0 unspecified atom stereocenters. The van der Waals surface area contributed by atoms with Gasteiger partial charge in [0.25, 0.3) is 0 Å². The van der Waals surface area contributed by atoms with Crippen LogP contribution in [0.4, 0.5) is 0 Å². The van der Waals surface area contributed by atoms with Gasteiger partial charge in [0.15, 0.2) is 0 Å². The fourth-order valence-electron chi connectivity index (χ4n) is 10.3. The monoisotopic (exact) mass is 734 g/mol. The predicted molar refractivity (Wildman–Crippen MR) is 205 cm³/mol. The molecule has 0 heterocycles. The standard InChI is InChI=1S/C44H56As2/c1-5-19-35(20-6-1)45(36-21-7-2-8-22-36)41-31-29-33-17-13-15-27-39(33)43(41)44-40-28-16-14-18-34(40)30-32-42(44)46(37-23-9-3-10-24-37)38-25-11-4-12-26-38/h13-18,27-32,35-38H,1-12,19-26H2. The molecule has 0 saturated heterocycles. The maximum atomic E-state index is 2.74. The van der Waals surface area contributed by atoms with Gasteiger partial charge in [0, 0.05) is 0 Å². The average Bonchev–Trinajstić information content (AvgIpc) is 3.14. The number of hydrogen-bond acceptors (Lipinski definition) is 0. The summed E-state index contributed by atoms with van der Waals surface area (Å²) in [7, 11) is 0. The molecule has 8 rings (SSSR count). The summed E-state index contributed by atoms with van der Waals surface area (Å²) in [5.74, 6) is 0. The Morgan fingerprint density at radius 2 is 0.630 bits per heavy atom. The summed E-state index contributed by atoms with van der Waals surface area (Å²) in [4.78, 5) is 0. The van der Waals surface area contributed by atoms with E-state index in [9.17, 15) is 0 Å². The molecule has 46 heavy (non-hydrogen) atoms. The first kappa shape index (κ1) is 31.8. The summed E-state index contributed by atoms with van der Waals surface area (Å²) in [5.41, 5.74) is 3.49. The van der Waals surface area contributed by atoms with Gasteiger partial charge in [-0.2, -0.15) is 0 Å². The zero-order valence-electron chi connectivity index (χ0n) is 28.3. The maximum absolute atomic E-state index is 2.74. The van der Waals surface area contributed by atoms with Gasteiger partial charge in [-0.25, -0.2) is 0 Å². The van der Waals surface area contributed by atoms with Crippen molar-refractivity contribution in [3.8, 4) is 11.1 Å². The Bertz CT molecular complexity index is 1440. The third-order valence-electron chi connectivity index (χ3n) is 12.5. The van der Waals surface area contributed by atoms with Crippen LogP contribution in [0.15, 0.2) is 72.8 Å². The molecular formula is C44H56As2. The molecule has 0 spiro atoms. The van der Waals surface area contributed by atoms with Crippen molar-refractivity contribution in [3.05, 3.63) is 72.8 Å². The zero-order chi connectivity index (χ0) is 30.7. The second kappa shape index (κ2) is 15.0. The van der Waals surface area contributed by atoms with Crippen LogP contribution in [0.1, 0.15) is 128 Å². The first-order valence-electron chi connectivity index (χ1n) is 19.5. The molecule has 2 heteroatoms. The van der Waals surface area contributed by atoms with E-state index in [-0.39, 0.29) is 0 Å². The third-order valence-corrected chi connectivity index (χ3v) is 27.3. The topological polar surface area (TPSA) is 0 Å². The van der Waals surface area contributed by atoms with Gasteiger partial charge in [-0.05, 0) is 0 Å². The third kappa shape index (κ3) is 6.46. The number of hydrogen-bond donors (Lipinski definition) is 0. The molecule has 4 aliphatic rings. The molecule has 0 aliphatic heterocycles. The Labute approximate surface area is 289 Å². The van der Waals surface area contributed by atoms with Crippen LogP contribution in [0.5, 0.6) is 0 Å². The second-order valence-corrected chi connectivity index (χ2v) is 26.9. The molecule has 4 fully saturated rings. The summed E-state index contributed by atoms with van der Waals surface area (Å²) in [6, 6.07) is 29.8. The first-order chi connectivity index (χ1) is 22.9. The van der Waals surface area contributed by atoms with Gasteiger partial charge in [-0.15, -0.1) is 0 Å². The Hall–Kier alpha value is -1.48. The van der Waals surface area contributed by atoms with E-state index in [0.717, 1.165) is 18.8 Å².